The number of nitrogens with zero attached hydrogens (tertiary/aromatic N) is 2. The van der Waals surface area contributed by atoms with E-state index in [-0.39, 0.29) is 23.3 Å². The van der Waals surface area contributed by atoms with Gasteiger partial charge in [-0.05, 0) is 43.5 Å². The van der Waals surface area contributed by atoms with Gasteiger partial charge in [-0.15, -0.1) is 0 Å². The first kappa shape index (κ1) is 23.3. The molecule has 0 aromatic heterocycles. The largest absolute Gasteiger partial charge is 0.385 e. The van der Waals surface area contributed by atoms with Crippen LogP contribution in [-0.4, -0.2) is 76.4 Å². The highest BCUT2D eigenvalue weighted by molar-refractivity contribution is 7.89. The monoisotopic (exact) mass is 425 g/mol. The van der Waals surface area contributed by atoms with E-state index >= 15 is 0 Å². The Morgan fingerprint density at radius 3 is 2.31 bits per heavy atom. The SMILES string of the molecule is COCCCNC(=O)CN(C)C(=O)c1ccc(S(=O)(=O)N2CCCCCC2)cc1. The highest BCUT2D eigenvalue weighted by Gasteiger charge is 2.25. The fraction of sp³-hybridized carbons (Fsp3) is 0.600. The second kappa shape index (κ2) is 11.3. The Labute approximate surface area is 173 Å². The molecule has 9 heteroatoms. The second-order valence-electron chi connectivity index (χ2n) is 7.20. The van der Waals surface area contributed by atoms with Crippen molar-refractivity contribution in [3.8, 4) is 0 Å². The van der Waals surface area contributed by atoms with Crippen molar-refractivity contribution in [1.29, 1.82) is 0 Å². The van der Waals surface area contributed by atoms with Crippen molar-refractivity contribution in [1.82, 2.24) is 14.5 Å². The molecule has 162 valence electrons. The summed E-state index contributed by atoms with van der Waals surface area (Å²) in [4.78, 5) is 25.9. The summed E-state index contributed by atoms with van der Waals surface area (Å²) >= 11 is 0. The number of hydrogen-bond donors (Lipinski definition) is 1. The molecule has 1 heterocycles. The molecule has 1 aliphatic heterocycles. The van der Waals surface area contributed by atoms with Gasteiger partial charge in [0.15, 0.2) is 0 Å². The van der Waals surface area contributed by atoms with Crippen molar-refractivity contribution in [2.45, 2.75) is 37.0 Å². The summed E-state index contributed by atoms with van der Waals surface area (Å²) in [7, 11) is -0.412. The van der Waals surface area contributed by atoms with Gasteiger partial charge < -0.3 is 15.0 Å². The maximum atomic E-state index is 12.8. The van der Waals surface area contributed by atoms with Gasteiger partial charge in [-0.3, -0.25) is 9.59 Å². The Bertz CT molecular complexity index is 772. The molecule has 0 saturated carbocycles. The molecular weight excluding hydrogens is 394 g/mol. The van der Waals surface area contributed by atoms with E-state index in [1.54, 1.807) is 14.2 Å². The lowest BCUT2D eigenvalue weighted by Crippen LogP contribution is -2.38. The summed E-state index contributed by atoms with van der Waals surface area (Å²) in [6.45, 7) is 2.04. The zero-order chi connectivity index (χ0) is 21.3. The van der Waals surface area contributed by atoms with Crippen molar-refractivity contribution < 1.29 is 22.7 Å². The molecule has 0 spiro atoms. The fourth-order valence-corrected chi connectivity index (χ4v) is 4.73. The number of carbonyl (C=O) groups excluding carboxylic acids is 2. The van der Waals surface area contributed by atoms with Gasteiger partial charge in [0.05, 0.1) is 11.4 Å². The highest BCUT2D eigenvalue weighted by Crippen LogP contribution is 2.21. The van der Waals surface area contributed by atoms with Gasteiger partial charge in [0, 0.05) is 46.0 Å². The summed E-state index contributed by atoms with van der Waals surface area (Å²) in [6, 6.07) is 5.93. The molecular formula is C20H31N3O5S. The van der Waals surface area contributed by atoms with E-state index in [0.29, 0.717) is 38.2 Å². The predicted octanol–water partition coefficient (Wildman–Crippen LogP) is 1.48. The molecule has 1 N–H and O–H groups in total. The first-order chi connectivity index (χ1) is 13.9. The fourth-order valence-electron chi connectivity index (χ4n) is 3.21. The lowest BCUT2D eigenvalue weighted by Gasteiger charge is -2.20. The van der Waals surface area contributed by atoms with Gasteiger partial charge in [-0.2, -0.15) is 4.31 Å². The van der Waals surface area contributed by atoms with Gasteiger partial charge >= 0.3 is 0 Å². The molecule has 8 nitrogen and oxygen atoms in total. The van der Waals surface area contributed by atoms with E-state index in [1.807, 2.05) is 0 Å². The minimum Gasteiger partial charge on any atom is -0.385 e. The Hall–Kier alpha value is -1.97. The van der Waals surface area contributed by atoms with Gasteiger partial charge in [0.2, 0.25) is 15.9 Å². The van der Waals surface area contributed by atoms with Gasteiger partial charge in [-0.25, -0.2) is 8.42 Å². The Kier molecular flexibility index (Phi) is 9.06. The number of rotatable bonds is 9. The van der Waals surface area contributed by atoms with Crippen LogP contribution in [0.5, 0.6) is 0 Å². The summed E-state index contributed by atoms with van der Waals surface area (Å²) in [5, 5.41) is 2.73. The van der Waals surface area contributed by atoms with Crippen LogP contribution in [0, 0.1) is 0 Å². The molecule has 2 amide bonds. The predicted molar refractivity (Wildman–Crippen MR) is 110 cm³/mol. The number of amides is 2. The Morgan fingerprint density at radius 1 is 1.10 bits per heavy atom. The van der Waals surface area contributed by atoms with Gasteiger partial charge in [0.1, 0.15) is 0 Å². The molecule has 0 bridgehead atoms. The molecule has 1 aromatic rings. The molecule has 1 fully saturated rings. The van der Waals surface area contributed by atoms with E-state index in [9.17, 15) is 18.0 Å². The minimum atomic E-state index is -3.55. The van der Waals surface area contributed by atoms with Crippen LogP contribution in [0.4, 0.5) is 0 Å². The van der Waals surface area contributed by atoms with Crippen LogP contribution in [-0.2, 0) is 19.6 Å². The quantitative estimate of drug-likeness (QED) is 0.605. The Balaban J connectivity index is 1.96. The zero-order valence-corrected chi connectivity index (χ0v) is 18.0. The summed E-state index contributed by atoms with van der Waals surface area (Å²) in [6.07, 6.45) is 4.53. The number of ether oxygens (including phenoxy) is 1. The summed E-state index contributed by atoms with van der Waals surface area (Å²) in [5.74, 6) is -0.590. The van der Waals surface area contributed by atoms with Crippen molar-refractivity contribution >= 4 is 21.8 Å². The van der Waals surface area contributed by atoms with Crippen LogP contribution in [0.1, 0.15) is 42.5 Å². The van der Waals surface area contributed by atoms with Crippen molar-refractivity contribution in [2.24, 2.45) is 0 Å². The third kappa shape index (κ3) is 6.80. The number of methoxy groups -OCH3 is 1. The maximum absolute atomic E-state index is 12.8. The molecule has 1 saturated heterocycles. The van der Waals surface area contributed by atoms with Crippen LogP contribution in [0.15, 0.2) is 29.2 Å². The van der Waals surface area contributed by atoms with Gasteiger partial charge in [0.25, 0.3) is 5.91 Å². The van der Waals surface area contributed by atoms with Crippen LogP contribution in [0.2, 0.25) is 0 Å². The second-order valence-corrected chi connectivity index (χ2v) is 9.14. The van der Waals surface area contributed by atoms with Crippen LogP contribution < -0.4 is 5.32 Å². The average Bonchev–Trinajstić information content (AvgIpc) is 3.01. The first-order valence-corrected chi connectivity index (χ1v) is 11.4. The van der Waals surface area contributed by atoms with E-state index < -0.39 is 10.0 Å². The summed E-state index contributed by atoms with van der Waals surface area (Å²) < 4.78 is 32.1. The number of likely N-dealkylation sites (N-methyl/N-ethyl adjacent to an activating group) is 1. The molecule has 1 aliphatic rings. The van der Waals surface area contributed by atoms with Crippen LogP contribution >= 0.6 is 0 Å². The first-order valence-electron chi connectivity index (χ1n) is 9.97. The topological polar surface area (TPSA) is 96.0 Å². The zero-order valence-electron chi connectivity index (χ0n) is 17.2. The average molecular weight is 426 g/mol. The minimum absolute atomic E-state index is 0.0698. The normalized spacial score (nSPS) is 15.5. The van der Waals surface area contributed by atoms with Crippen molar-refractivity contribution in [3.63, 3.8) is 0 Å². The van der Waals surface area contributed by atoms with E-state index in [0.717, 1.165) is 25.7 Å². The lowest BCUT2D eigenvalue weighted by molar-refractivity contribution is -0.121. The summed E-state index contributed by atoms with van der Waals surface area (Å²) in [5.41, 5.74) is 0.342. The molecule has 0 aliphatic carbocycles. The number of benzene rings is 1. The lowest BCUT2D eigenvalue weighted by atomic mass is 10.2. The van der Waals surface area contributed by atoms with Crippen molar-refractivity contribution in [3.05, 3.63) is 29.8 Å². The molecule has 29 heavy (non-hydrogen) atoms. The molecule has 1 aromatic carbocycles. The molecule has 0 unspecified atom stereocenters. The highest BCUT2D eigenvalue weighted by atomic mass is 32.2. The van der Waals surface area contributed by atoms with Gasteiger partial charge in [-0.1, -0.05) is 12.8 Å². The number of carbonyl (C=O) groups is 2. The van der Waals surface area contributed by atoms with E-state index in [1.165, 1.54) is 33.5 Å². The maximum Gasteiger partial charge on any atom is 0.254 e. The Morgan fingerprint density at radius 2 is 1.72 bits per heavy atom. The van der Waals surface area contributed by atoms with Crippen molar-refractivity contribution in [2.75, 3.05) is 46.9 Å². The molecule has 0 atom stereocenters. The molecule has 0 radical (unpaired) electrons. The number of sulfonamides is 1. The third-order valence-corrected chi connectivity index (χ3v) is 6.79. The van der Waals surface area contributed by atoms with E-state index in [2.05, 4.69) is 5.32 Å². The van der Waals surface area contributed by atoms with Crippen LogP contribution in [0.25, 0.3) is 0 Å². The number of hydrogen-bond acceptors (Lipinski definition) is 5. The standard InChI is InChI=1S/C20H31N3O5S/c1-22(16-19(24)21-12-7-15-28-2)20(25)17-8-10-18(11-9-17)29(26,27)23-13-5-3-4-6-14-23/h8-11H,3-7,12-16H2,1-2H3,(H,21,24). The van der Waals surface area contributed by atoms with Crippen LogP contribution in [0.3, 0.4) is 0 Å². The smallest absolute Gasteiger partial charge is 0.254 e. The number of nitrogens with one attached hydrogen (secondary N) is 1. The third-order valence-electron chi connectivity index (χ3n) is 4.88. The van der Waals surface area contributed by atoms with E-state index in [4.69, 9.17) is 4.74 Å². The molecule has 2 rings (SSSR count).